The van der Waals surface area contributed by atoms with Gasteiger partial charge in [-0.2, -0.15) is 0 Å². The first-order valence-electron chi connectivity index (χ1n) is 20.4. The van der Waals surface area contributed by atoms with E-state index < -0.39 is 101 Å². The molecule has 0 nitrogen and oxygen atoms in total. The minimum Gasteiger partial charge on any atom is -0.0928 e. The molecule has 0 aliphatic rings. The average molecular weight is 339 g/mol. The van der Waals surface area contributed by atoms with Crippen LogP contribution in [0.25, 0.3) is 0 Å². The van der Waals surface area contributed by atoms with E-state index in [2.05, 4.69) is 15.9 Å². The van der Waals surface area contributed by atoms with Crippen LogP contribution in [0.15, 0.2) is 0 Å². The quantitative estimate of drug-likeness (QED) is 0.303. The van der Waals surface area contributed by atoms with Gasteiger partial charge in [0.15, 0.2) is 0 Å². The average Bonchev–Trinajstić information content (AvgIpc) is 2.85. The second kappa shape index (κ2) is 16.5. The van der Waals surface area contributed by atoms with Crippen LogP contribution in [-0.4, -0.2) is 5.28 Å². The van der Waals surface area contributed by atoms with Crippen molar-refractivity contribution in [1.82, 2.24) is 0 Å². The SMILES string of the molecule is [2H]C([2H])([2H])C([2H])([2H])C([2H])([2H])C([2H])([2H])C([2H])([2H])C([2H])([2H])C([2H])([2H])C([2H])([2H])C([2H])([2H])C([2H])([2H])C([2H])([2H])C([2H])([2H])C([2H])([2H])C([2H])([2H])C([2H])([2H])C([2H])([2H])Br. The van der Waals surface area contributed by atoms with Crippen molar-refractivity contribution in [2.75, 3.05) is 5.28 Å². The first-order valence-corrected chi connectivity index (χ1v) is 4.73. The molecular weight excluding hydrogens is 272 g/mol. The zero-order valence-electron chi connectivity index (χ0n) is 41.4. The summed E-state index contributed by atoms with van der Waals surface area (Å²) < 4.78 is 261. The molecular formula is C16H33Br. The van der Waals surface area contributed by atoms with E-state index in [9.17, 15) is 0 Å². The Morgan fingerprint density at radius 1 is 0.647 bits per heavy atom. The standard InChI is InChI=1S/C16H33Br/c1-2-3-4-5-6-7-8-9-10-11-12-13-14-15-16-17/h2-16H2,1H3/i1D3,2D2,3D2,4D2,5D2,6D2,7D2,8D2,9D2,10D2,11D2,12D2,13D2,14D2,15D2,16D2. The van der Waals surface area contributed by atoms with Crippen molar-refractivity contribution in [2.24, 2.45) is 0 Å². The smallest absolute Gasteiger partial charge is 0.0387 e. The van der Waals surface area contributed by atoms with Crippen molar-refractivity contribution in [3.63, 3.8) is 0 Å². The molecule has 0 atom stereocenters. The van der Waals surface area contributed by atoms with Crippen LogP contribution in [0.4, 0.5) is 0 Å². The van der Waals surface area contributed by atoms with Gasteiger partial charge in [0.25, 0.3) is 0 Å². The lowest BCUT2D eigenvalue weighted by Crippen LogP contribution is -1.83. The molecule has 0 N–H and O–H groups in total. The van der Waals surface area contributed by atoms with E-state index in [1.54, 1.807) is 0 Å². The maximum absolute atomic E-state index is 8.17. The van der Waals surface area contributed by atoms with Crippen molar-refractivity contribution >= 4 is 15.9 Å². The van der Waals surface area contributed by atoms with Gasteiger partial charge in [0.2, 0.25) is 0 Å². The van der Waals surface area contributed by atoms with Crippen molar-refractivity contribution in [2.45, 2.75) is 96.1 Å². The summed E-state index contributed by atoms with van der Waals surface area (Å²) in [6.45, 7) is -4.10. The molecule has 0 saturated heterocycles. The van der Waals surface area contributed by atoms with E-state index in [0.717, 1.165) is 0 Å². The van der Waals surface area contributed by atoms with E-state index in [1.807, 2.05) is 0 Å². The summed E-state index contributed by atoms with van der Waals surface area (Å²) in [7, 11) is 0. The van der Waals surface area contributed by atoms with Crippen LogP contribution in [0.5, 0.6) is 0 Å². The van der Waals surface area contributed by atoms with Gasteiger partial charge in [0, 0.05) is 50.5 Å². The van der Waals surface area contributed by atoms with Crippen molar-refractivity contribution in [1.29, 1.82) is 0 Å². The van der Waals surface area contributed by atoms with E-state index in [0.29, 0.717) is 0 Å². The monoisotopic (exact) mass is 337 g/mol. The van der Waals surface area contributed by atoms with E-state index in [4.69, 9.17) is 45.2 Å². The maximum atomic E-state index is 8.17. The predicted octanol–water partition coefficient (Wildman–Crippen LogP) is 6.86. The maximum Gasteiger partial charge on any atom is 0.0387 e. The zero-order valence-corrected chi connectivity index (χ0v) is 9.96. The molecule has 0 bridgehead atoms. The second-order valence-electron chi connectivity index (χ2n) is 1.84. The molecule has 104 valence electrons. The van der Waals surface area contributed by atoms with E-state index in [1.165, 1.54) is 0 Å². The minimum atomic E-state index is -5.11. The topological polar surface area (TPSA) is 0 Å². The number of halogens is 1. The van der Waals surface area contributed by atoms with Gasteiger partial charge in [-0.3, -0.25) is 0 Å². The second-order valence-corrected chi connectivity index (χ2v) is 2.24. The van der Waals surface area contributed by atoms with Crippen LogP contribution in [0.3, 0.4) is 0 Å². The zero-order chi connectivity index (χ0) is 42.0. The van der Waals surface area contributed by atoms with Gasteiger partial charge in [-0.05, 0) is 6.37 Å². The highest BCUT2D eigenvalue weighted by Gasteiger charge is 1.93. The molecule has 0 unspecified atom stereocenters. The van der Waals surface area contributed by atoms with Crippen LogP contribution in [0.1, 0.15) is 141 Å². The first-order chi connectivity index (χ1) is 20.8. The molecule has 0 aromatic rings. The lowest BCUT2D eigenvalue weighted by molar-refractivity contribution is 0.538. The third kappa shape index (κ3) is 16.5. The lowest BCUT2D eigenvalue weighted by Gasteiger charge is -2.02. The summed E-state index contributed by atoms with van der Waals surface area (Å²) in [5.74, 6) is 0. The molecule has 1 heteroatoms. The number of alkyl halides is 1. The molecule has 0 spiro atoms. The Kier molecular flexibility index (Phi) is 1.88. The first kappa shape index (κ1) is 1.94. The Labute approximate surface area is 164 Å². The summed E-state index contributed by atoms with van der Waals surface area (Å²) >= 11 is 2.09. The summed E-state index contributed by atoms with van der Waals surface area (Å²) in [6, 6.07) is 0. The van der Waals surface area contributed by atoms with Gasteiger partial charge < -0.3 is 0 Å². The van der Waals surface area contributed by atoms with E-state index >= 15 is 0 Å². The van der Waals surface area contributed by atoms with Gasteiger partial charge in [0.1, 0.15) is 0 Å². The molecule has 0 aliphatic heterocycles. The largest absolute Gasteiger partial charge is 0.0928 e. The van der Waals surface area contributed by atoms with Gasteiger partial charge in [-0.1, -0.05) is 106 Å². The summed E-state index contributed by atoms with van der Waals surface area (Å²) in [5, 5.41) is -3.55. The number of hydrogen-bond acceptors (Lipinski definition) is 0. The highest BCUT2D eigenvalue weighted by molar-refractivity contribution is 9.09. The molecule has 0 rings (SSSR count). The Bertz CT molecular complexity index is 1150. The Balaban J connectivity index is 7.70. The van der Waals surface area contributed by atoms with E-state index in [-0.39, 0.29) is 0 Å². The molecule has 0 heterocycles. The van der Waals surface area contributed by atoms with Gasteiger partial charge >= 0.3 is 0 Å². The predicted molar refractivity (Wildman–Crippen MR) is 84.1 cm³/mol. The van der Waals surface area contributed by atoms with Crippen LogP contribution >= 0.6 is 15.9 Å². The molecule has 0 radical (unpaired) electrons. The minimum absolute atomic E-state index is 2.09. The molecule has 0 fully saturated rings. The van der Waals surface area contributed by atoms with Gasteiger partial charge in [0.05, 0.1) is 0 Å². The van der Waals surface area contributed by atoms with Crippen molar-refractivity contribution in [3.8, 4) is 0 Å². The van der Waals surface area contributed by atoms with Gasteiger partial charge in [-0.25, -0.2) is 0 Å². The summed E-state index contributed by atoms with van der Waals surface area (Å²) in [5.41, 5.74) is 0. The van der Waals surface area contributed by atoms with Crippen LogP contribution in [0.2, 0.25) is 0 Å². The van der Waals surface area contributed by atoms with Crippen LogP contribution in [0, 0.1) is 0 Å². The Morgan fingerprint density at radius 2 is 1.00 bits per heavy atom. The molecule has 0 aromatic carbocycles. The lowest BCUT2D eigenvalue weighted by atomic mass is 10.0. The third-order valence-corrected chi connectivity index (χ3v) is 1.06. The van der Waals surface area contributed by atoms with Crippen LogP contribution < -0.4 is 0 Å². The fourth-order valence-corrected chi connectivity index (χ4v) is 0.498. The number of hydrogen-bond donors (Lipinski definition) is 0. The molecule has 0 amide bonds. The summed E-state index contributed by atoms with van der Waals surface area (Å²) in [4.78, 5) is 0. The third-order valence-electron chi connectivity index (χ3n) is 0.860. The highest BCUT2D eigenvalue weighted by Crippen LogP contribution is 2.12. The van der Waals surface area contributed by atoms with Crippen molar-refractivity contribution in [3.05, 3.63) is 0 Å². The molecule has 17 heavy (non-hydrogen) atoms. The fraction of sp³-hybridized carbons (Fsp3) is 1.00. The molecule has 0 aromatic heterocycles. The Morgan fingerprint density at radius 3 is 1.35 bits per heavy atom. The van der Waals surface area contributed by atoms with Crippen LogP contribution in [-0.2, 0) is 0 Å². The molecule has 0 saturated carbocycles. The number of rotatable bonds is 14. The normalized spacial score (nSPS) is 53.1. The van der Waals surface area contributed by atoms with Gasteiger partial charge in [-0.15, -0.1) is 0 Å². The van der Waals surface area contributed by atoms with Crippen molar-refractivity contribution < 1.29 is 45.2 Å². The Hall–Kier alpha value is 0.480. The molecule has 0 aliphatic carbocycles. The summed E-state index contributed by atoms with van der Waals surface area (Å²) in [6.07, 6.45) is -67.6. The highest BCUT2D eigenvalue weighted by atomic mass is 79.9. The fourth-order valence-electron chi connectivity index (χ4n) is 0.399.